The second-order valence-corrected chi connectivity index (χ2v) is 10.7. The Labute approximate surface area is 202 Å². The molecule has 33 heavy (non-hydrogen) atoms. The van der Waals surface area contributed by atoms with Crippen molar-refractivity contribution in [1.82, 2.24) is 15.2 Å². The molecular formula is C26H26ClN3O2S. The summed E-state index contributed by atoms with van der Waals surface area (Å²) in [6.07, 6.45) is 1.11. The second-order valence-electron chi connectivity index (χ2n) is 9.09. The average molecular weight is 480 g/mol. The third kappa shape index (κ3) is 4.18. The lowest BCUT2D eigenvalue weighted by atomic mass is 10.1. The highest BCUT2D eigenvalue weighted by Crippen LogP contribution is 2.50. The fourth-order valence-electron chi connectivity index (χ4n) is 4.90. The number of halogens is 1. The van der Waals surface area contributed by atoms with Gasteiger partial charge in [0.05, 0.1) is 15.9 Å². The lowest BCUT2D eigenvalue weighted by Gasteiger charge is -2.27. The van der Waals surface area contributed by atoms with Crippen LogP contribution in [0.4, 0.5) is 0 Å². The number of likely N-dealkylation sites (tertiary alicyclic amines) is 1. The van der Waals surface area contributed by atoms with Crippen molar-refractivity contribution in [3.05, 3.63) is 74.9 Å². The monoisotopic (exact) mass is 479 g/mol. The Morgan fingerprint density at radius 3 is 2.76 bits per heavy atom. The van der Waals surface area contributed by atoms with Gasteiger partial charge in [0.15, 0.2) is 0 Å². The van der Waals surface area contributed by atoms with Gasteiger partial charge in [-0.3, -0.25) is 9.59 Å². The van der Waals surface area contributed by atoms with Gasteiger partial charge in [-0.2, -0.15) is 0 Å². The minimum atomic E-state index is -0.156. The van der Waals surface area contributed by atoms with Crippen molar-refractivity contribution < 1.29 is 9.59 Å². The van der Waals surface area contributed by atoms with Gasteiger partial charge in [0.25, 0.3) is 11.8 Å². The molecule has 0 radical (unpaired) electrons. The molecule has 170 valence electrons. The van der Waals surface area contributed by atoms with Crippen LogP contribution in [0.15, 0.2) is 42.5 Å². The predicted molar refractivity (Wildman–Crippen MR) is 132 cm³/mol. The Morgan fingerprint density at radius 2 is 1.97 bits per heavy atom. The summed E-state index contributed by atoms with van der Waals surface area (Å²) < 4.78 is 0. The van der Waals surface area contributed by atoms with Gasteiger partial charge in [-0.1, -0.05) is 47.5 Å². The normalized spacial score (nSPS) is 21.1. The number of benzene rings is 2. The molecular weight excluding hydrogens is 454 g/mol. The van der Waals surface area contributed by atoms with Gasteiger partial charge in [0.1, 0.15) is 5.69 Å². The van der Waals surface area contributed by atoms with E-state index in [9.17, 15) is 9.59 Å². The molecule has 5 rings (SSSR count). The smallest absolute Gasteiger partial charge is 0.274 e. The molecule has 2 aromatic carbocycles. The van der Waals surface area contributed by atoms with Gasteiger partial charge in [-0.25, -0.2) is 4.98 Å². The number of thiazole rings is 1. The molecule has 2 fully saturated rings. The number of hydrogen-bond acceptors (Lipinski definition) is 4. The molecule has 0 bridgehead atoms. The molecule has 1 aliphatic heterocycles. The van der Waals surface area contributed by atoms with E-state index in [4.69, 9.17) is 11.6 Å². The van der Waals surface area contributed by atoms with Crippen LogP contribution >= 0.6 is 22.9 Å². The minimum absolute atomic E-state index is 0.0155. The number of aromatic nitrogens is 1. The van der Waals surface area contributed by atoms with E-state index in [-0.39, 0.29) is 17.9 Å². The molecule has 1 N–H and O–H groups in total. The summed E-state index contributed by atoms with van der Waals surface area (Å²) in [6, 6.07) is 13.5. The van der Waals surface area contributed by atoms with Gasteiger partial charge in [0, 0.05) is 23.7 Å². The highest BCUT2D eigenvalue weighted by molar-refractivity contribution is 7.15. The number of piperidine rings is 1. The fourth-order valence-corrected chi connectivity index (χ4v) is 5.98. The number of nitrogens with zero attached hydrogens (tertiary/aromatic N) is 2. The van der Waals surface area contributed by atoms with Crippen molar-refractivity contribution in [2.45, 2.75) is 33.2 Å². The Kier molecular flexibility index (Phi) is 5.75. The Balaban J connectivity index is 1.36. The fraction of sp³-hybridized carbons (Fsp3) is 0.346. The lowest BCUT2D eigenvalue weighted by molar-refractivity contribution is 0.0690. The van der Waals surface area contributed by atoms with Crippen molar-refractivity contribution in [3.63, 3.8) is 0 Å². The first kappa shape index (κ1) is 22.1. The summed E-state index contributed by atoms with van der Waals surface area (Å²) in [6.45, 7) is 6.99. The zero-order chi connectivity index (χ0) is 23.3. The minimum Gasteiger partial charge on any atom is -0.350 e. The highest BCUT2D eigenvalue weighted by atomic mass is 35.5. The Morgan fingerprint density at radius 1 is 1.18 bits per heavy atom. The Hall–Kier alpha value is -2.70. The maximum Gasteiger partial charge on any atom is 0.274 e. The van der Waals surface area contributed by atoms with Crippen molar-refractivity contribution in [1.29, 1.82) is 0 Å². The molecule has 0 spiro atoms. The quantitative estimate of drug-likeness (QED) is 0.541. The zero-order valence-electron chi connectivity index (χ0n) is 18.9. The van der Waals surface area contributed by atoms with Crippen LogP contribution in [0.3, 0.4) is 0 Å². The third-order valence-corrected chi connectivity index (χ3v) is 8.19. The molecule has 2 heterocycles. The molecule has 1 saturated carbocycles. The molecule has 3 aromatic rings. The summed E-state index contributed by atoms with van der Waals surface area (Å²) in [5.74, 6) is 0.764. The van der Waals surface area contributed by atoms with Crippen LogP contribution < -0.4 is 5.32 Å². The van der Waals surface area contributed by atoms with E-state index in [1.165, 1.54) is 0 Å². The van der Waals surface area contributed by atoms with E-state index in [1.807, 2.05) is 43.9 Å². The van der Waals surface area contributed by atoms with E-state index in [2.05, 4.69) is 16.4 Å². The summed E-state index contributed by atoms with van der Waals surface area (Å²) in [4.78, 5) is 34.0. The second kappa shape index (κ2) is 8.58. The summed E-state index contributed by atoms with van der Waals surface area (Å²) in [5.41, 5.74) is 4.03. The van der Waals surface area contributed by atoms with Crippen LogP contribution in [0.2, 0.25) is 5.02 Å². The number of carbonyl (C=O) groups excluding carboxylic acids is 2. The first-order valence-corrected chi connectivity index (χ1v) is 12.4. The predicted octanol–water partition coefficient (Wildman–Crippen LogP) is 5.28. The van der Waals surface area contributed by atoms with E-state index in [0.717, 1.165) is 39.5 Å². The molecule has 0 unspecified atom stereocenters. The number of carbonyl (C=O) groups is 2. The highest BCUT2D eigenvalue weighted by Gasteiger charge is 2.54. The van der Waals surface area contributed by atoms with Crippen LogP contribution in [0.5, 0.6) is 0 Å². The van der Waals surface area contributed by atoms with Gasteiger partial charge < -0.3 is 10.2 Å². The standard InChI is InChI=1S/C26H26ClN3O2S/c1-14-6-4-7-17(10-14)24-23(29-16(3)33-24)26(32)30-13-18-11-20(18)22(30)12-28-25(31)19-8-5-9-21(27)15(19)2/h4-10,18,20,22H,11-13H2,1-3H3,(H,28,31)/t18-,20-,22-/m1/s1. The number of nitrogens with one attached hydrogen (secondary N) is 1. The van der Waals surface area contributed by atoms with Gasteiger partial charge >= 0.3 is 0 Å². The van der Waals surface area contributed by atoms with Crippen molar-refractivity contribution >= 4 is 34.8 Å². The molecule has 1 aromatic heterocycles. The number of fused-ring (bicyclic) bond motifs is 1. The molecule has 2 aliphatic rings. The van der Waals surface area contributed by atoms with Crippen molar-refractivity contribution in [2.24, 2.45) is 11.8 Å². The summed E-state index contributed by atoms with van der Waals surface area (Å²) in [5, 5.41) is 4.50. The van der Waals surface area contributed by atoms with Crippen molar-refractivity contribution in [2.75, 3.05) is 13.1 Å². The summed E-state index contributed by atoms with van der Waals surface area (Å²) >= 11 is 7.74. The largest absolute Gasteiger partial charge is 0.350 e. The topological polar surface area (TPSA) is 62.3 Å². The lowest BCUT2D eigenvalue weighted by Crippen LogP contribution is -2.45. The van der Waals surface area contributed by atoms with Crippen LogP contribution in [-0.4, -0.2) is 40.8 Å². The van der Waals surface area contributed by atoms with Gasteiger partial charge in [-0.05, 0) is 62.3 Å². The molecule has 3 atom stereocenters. The Bertz CT molecular complexity index is 1250. The first-order chi connectivity index (χ1) is 15.8. The maximum absolute atomic E-state index is 13.7. The maximum atomic E-state index is 13.7. The summed E-state index contributed by atoms with van der Waals surface area (Å²) in [7, 11) is 0. The van der Waals surface area contributed by atoms with Crippen LogP contribution in [0.1, 0.15) is 43.4 Å². The molecule has 2 amide bonds. The molecule has 7 heteroatoms. The molecule has 5 nitrogen and oxygen atoms in total. The van der Waals surface area contributed by atoms with Crippen LogP contribution in [-0.2, 0) is 0 Å². The average Bonchev–Trinajstić information content (AvgIpc) is 3.30. The SMILES string of the molecule is Cc1cccc(-c2sc(C)nc2C(=O)N2C[C@H]3C[C@H]3[C@H]2CNC(=O)c2cccc(Cl)c2C)c1. The zero-order valence-corrected chi connectivity index (χ0v) is 20.5. The van der Waals surface area contributed by atoms with E-state index in [1.54, 1.807) is 29.5 Å². The van der Waals surface area contributed by atoms with Crippen LogP contribution in [0.25, 0.3) is 10.4 Å². The molecule has 1 aliphatic carbocycles. The number of rotatable bonds is 5. The number of amides is 2. The van der Waals surface area contributed by atoms with Crippen molar-refractivity contribution in [3.8, 4) is 10.4 Å². The van der Waals surface area contributed by atoms with E-state index in [0.29, 0.717) is 34.7 Å². The van der Waals surface area contributed by atoms with E-state index < -0.39 is 0 Å². The van der Waals surface area contributed by atoms with E-state index >= 15 is 0 Å². The third-order valence-electron chi connectivity index (χ3n) is 6.76. The van der Waals surface area contributed by atoms with Gasteiger partial charge in [-0.15, -0.1) is 11.3 Å². The number of hydrogen-bond donors (Lipinski definition) is 1. The number of aryl methyl sites for hydroxylation is 2. The van der Waals surface area contributed by atoms with Gasteiger partial charge in [0.2, 0.25) is 0 Å². The first-order valence-electron chi connectivity index (χ1n) is 11.2. The molecule has 1 saturated heterocycles. The van der Waals surface area contributed by atoms with Crippen LogP contribution in [0, 0.1) is 32.6 Å².